The lowest BCUT2D eigenvalue weighted by Gasteiger charge is -2.17. The first kappa shape index (κ1) is 14.1. The topological polar surface area (TPSA) is 69.6 Å². The van der Waals surface area contributed by atoms with Crippen molar-refractivity contribution in [3.05, 3.63) is 36.5 Å². The van der Waals surface area contributed by atoms with Crippen molar-refractivity contribution in [3.63, 3.8) is 0 Å². The fourth-order valence-corrected chi connectivity index (χ4v) is 3.22. The third kappa shape index (κ3) is 2.76. The van der Waals surface area contributed by atoms with Crippen molar-refractivity contribution < 1.29 is 4.52 Å². The summed E-state index contributed by atoms with van der Waals surface area (Å²) in [6, 6.07) is 3.85. The zero-order valence-electron chi connectivity index (χ0n) is 13.1. The summed E-state index contributed by atoms with van der Waals surface area (Å²) in [6.07, 6.45) is 11.6. The molecule has 0 aromatic carbocycles. The summed E-state index contributed by atoms with van der Waals surface area (Å²) < 4.78 is 7.30. The van der Waals surface area contributed by atoms with Crippen LogP contribution in [0.25, 0.3) is 22.7 Å². The minimum absolute atomic E-state index is 0.430. The van der Waals surface area contributed by atoms with Gasteiger partial charge in [-0.1, -0.05) is 24.4 Å². The molecule has 1 aliphatic rings. The van der Waals surface area contributed by atoms with Gasteiger partial charge < -0.3 is 4.52 Å². The molecular weight excluding hydrogens is 290 g/mol. The second-order valence-electron chi connectivity index (χ2n) is 6.09. The molecule has 3 aromatic rings. The van der Waals surface area contributed by atoms with E-state index in [0.29, 0.717) is 11.8 Å². The van der Waals surface area contributed by atoms with Crippen molar-refractivity contribution in [2.45, 2.75) is 38.0 Å². The van der Waals surface area contributed by atoms with E-state index in [1.807, 2.05) is 25.4 Å². The molecule has 6 heteroatoms. The third-order valence-electron chi connectivity index (χ3n) is 4.43. The summed E-state index contributed by atoms with van der Waals surface area (Å²) in [6.45, 7) is 0. The zero-order valence-corrected chi connectivity index (χ0v) is 13.1. The fourth-order valence-electron chi connectivity index (χ4n) is 3.22. The molecule has 0 unspecified atom stereocenters. The molecule has 4 rings (SSSR count). The first-order valence-electron chi connectivity index (χ1n) is 8.09. The molecule has 3 heterocycles. The maximum atomic E-state index is 5.54. The predicted octanol–water partition coefficient (Wildman–Crippen LogP) is 3.58. The summed E-state index contributed by atoms with van der Waals surface area (Å²) >= 11 is 0. The van der Waals surface area contributed by atoms with E-state index in [4.69, 9.17) is 4.52 Å². The lowest BCUT2D eigenvalue weighted by Crippen LogP contribution is -2.06. The van der Waals surface area contributed by atoms with E-state index < -0.39 is 0 Å². The van der Waals surface area contributed by atoms with Gasteiger partial charge in [-0.15, -0.1) is 0 Å². The van der Waals surface area contributed by atoms with Crippen molar-refractivity contribution >= 4 is 0 Å². The van der Waals surface area contributed by atoms with Crippen LogP contribution in [0.1, 0.15) is 43.8 Å². The first-order chi connectivity index (χ1) is 11.3. The smallest absolute Gasteiger partial charge is 0.260 e. The van der Waals surface area contributed by atoms with Crippen LogP contribution in [0, 0.1) is 0 Å². The van der Waals surface area contributed by atoms with Crippen molar-refractivity contribution in [2.24, 2.45) is 7.05 Å². The normalized spacial score (nSPS) is 15.9. The maximum absolute atomic E-state index is 5.54. The van der Waals surface area contributed by atoms with Crippen LogP contribution in [0.3, 0.4) is 0 Å². The van der Waals surface area contributed by atoms with E-state index in [0.717, 1.165) is 35.5 Å². The van der Waals surface area contributed by atoms with Gasteiger partial charge in [0.15, 0.2) is 5.82 Å². The number of pyridine rings is 1. The van der Waals surface area contributed by atoms with Crippen molar-refractivity contribution in [1.82, 2.24) is 24.9 Å². The number of aromatic nitrogens is 5. The minimum atomic E-state index is 0.430. The Morgan fingerprint density at radius 3 is 2.87 bits per heavy atom. The molecular formula is C17H19N5O. The standard InChI is InChI=1S/C17H19N5O/c1-22-11-13(10-19-22)15-14(8-5-9-18-15)17-20-16(21-23-17)12-6-3-2-4-7-12/h5,8-12H,2-4,6-7H2,1H3. The Kier molecular flexibility index (Phi) is 3.65. The highest BCUT2D eigenvalue weighted by atomic mass is 16.5. The lowest BCUT2D eigenvalue weighted by molar-refractivity contribution is 0.385. The van der Waals surface area contributed by atoms with Crippen molar-refractivity contribution in [3.8, 4) is 22.7 Å². The molecule has 0 bridgehead atoms. The molecule has 3 aromatic heterocycles. The minimum Gasteiger partial charge on any atom is -0.334 e. The van der Waals surface area contributed by atoms with Gasteiger partial charge in [-0.3, -0.25) is 9.67 Å². The van der Waals surface area contributed by atoms with Gasteiger partial charge in [0.25, 0.3) is 5.89 Å². The Morgan fingerprint density at radius 2 is 2.09 bits per heavy atom. The molecule has 0 spiro atoms. The number of rotatable bonds is 3. The molecule has 0 radical (unpaired) electrons. The second kappa shape index (κ2) is 5.95. The van der Waals surface area contributed by atoms with Gasteiger partial charge in [-0.2, -0.15) is 10.1 Å². The lowest BCUT2D eigenvalue weighted by atomic mass is 9.89. The summed E-state index contributed by atoms with van der Waals surface area (Å²) in [4.78, 5) is 9.13. The van der Waals surface area contributed by atoms with Crippen molar-refractivity contribution in [1.29, 1.82) is 0 Å². The number of nitrogens with zero attached hydrogens (tertiary/aromatic N) is 5. The molecule has 118 valence electrons. The molecule has 0 amide bonds. The van der Waals surface area contributed by atoms with E-state index >= 15 is 0 Å². The van der Waals surface area contributed by atoms with Crippen LogP contribution in [0.15, 0.2) is 35.2 Å². The molecule has 23 heavy (non-hydrogen) atoms. The Bertz CT molecular complexity index is 801. The van der Waals surface area contributed by atoms with Crippen LogP contribution in [0.4, 0.5) is 0 Å². The largest absolute Gasteiger partial charge is 0.334 e. The van der Waals surface area contributed by atoms with E-state index in [1.54, 1.807) is 17.1 Å². The van der Waals surface area contributed by atoms with Crippen LogP contribution in [0.2, 0.25) is 0 Å². The number of hydrogen-bond acceptors (Lipinski definition) is 5. The van der Waals surface area contributed by atoms with Gasteiger partial charge in [0.05, 0.1) is 17.5 Å². The Morgan fingerprint density at radius 1 is 1.22 bits per heavy atom. The van der Waals surface area contributed by atoms with Crippen LogP contribution >= 0.6 is 0 Å². The summed E-state index contributed by atoms with van der Waals surface area (Å²) in [5, 5.41) is 8.44. The highest BCUT2D eigenvalue weighted by Crippen LogP contribution is 2.33. The fraction of sp³-hybridized carbons (Fsp3) is 0.412. The molecule has 1 saturated carbocycles. The van der Waals surface area contributed by atoms with Crippen LogP contribution in [-0.4, -0.2) is 24.9 Å². The van der Waals surface area contributed by atoms with E-state index in [1.165, 1.54) is 19.3 Å². The maximum Gasteiger partial charge on any atom is 0.260 e. The second-order valence-corrected chi connectivity index (χ2v) is 6.09. The van der Waals surface area contributed by atoms with Crippen LogP contribution in [0.5, 0.6) is 0 Å². The third-order valence-corrected chi connectivity index (χ3v) is 4.43. The SMILES string of the molecule is Cn1cc(-c2ncccc2-c2nc(C3CCCCC3)no2)cn1. The average molecular weight is 309 g/mol. The Hall–Kier alpha value is -2.50. The highest BCUT2D eigenvalue weighted by Gasteiger charge is 2.22. The van der Waals surface area contributed by atoms with E-state index in [-0.39, 0.29) is 0 Å². The molecule has 0 atom stereocenters. The van der Waals surface area contributed by atoms with Gasteiger partial charge in [0, 0.05) is 30.9 Å². The van der Waals surface area contributed by atoms with E-state index in [2.05, 4.69) is 20.2 Å². The first-order valence-corrected chi connectivity index (χ1v) is 8.09. The highest BCUT2D eigenvalue weighted by molar-refractivity contribution is 5.75. The summed E-state index contributed by atoms with van der Waals surface area (Å²) in [5.74, 6) is 1.80. The molecule has 6 nitrogen and oxygen atoms in total. The predicted molar refractivity (Wildman–Crippen MR) is 85.6 cm³/mol. The molecule has 0 aliphatic heterocycles. The van der Waals surface area contributed by atoms with Gasteiger partial charge in [-0.25, -0.2) is 0 Å². The molecule has 1 fully saturated rings. The summed E-state index contributed by atoms with van der Waals surface area (Å²) in [5.41, 5.74) is 2.62. The van der Waals surface area contributed by atoms with Gasteiger partial charge >= 0.3 is 0 Å². The zero-order chi connectivity index (χ0) is 15.6. The number of aryl methyl sites for hydroxylation is 1. The molecule has 0 N–H and O–H groups in total. The quantitative estimate of drug-likeness (QED) is 0.739. The number of hydrogen-bond donors (Lipinski definition) is 0. The van der Waals surface area contributed by atoms with Crippen LogP contribution in [-0.2, 0) is 7.05 Å². The van der Waals surface area contributed by atoms with Gasteiger partial charge in [-0.05, 0) is 25.0 Å². The Balaban J connectivity index is 1.70. The van der Waals surface area contributed by atoms with Gasteiger partial charge in [0.1, 0.15) is 0 Å². The molecule has 0 saturated heterocycles. The Labute approximate surface area is 134 Å². The van der Waals surface area contributed by atoms with Crippen molar-refractivity contribution in [2.75, 3.05) is 0 Å². The average Bonchev–Trinajstić information content (AvgIpc) is 3.25. The van der Waals surface area contributed by atoms with Crippen LogP contribution < -0.4 is 0 Å². The van der Waals surface area contributed by atoms with Gasteiger partial charge in [0.2, 0.25) is 0 Å². The molecule has 1 aliphatic carbocycles. The van der Waals surface area contributed by atoms with E-state index in [9.17, 15) is 0 Å². The monoisotopic (exact) mass is 309 g/mol. The summed E-state index contributed by atoms with van der Waals surface area (Å²) in [7, 11) is 1.89.